The second-order valence-corrected chi connectivity index (χ2v) is 8.39. The summed E-state index contributed by atoms with van der Waals surface area (Å²) in [6.45, 7) is 1.05. The Labute approximate surface area is 176 Å². The third-order valence-corrected chi connectivity index (χ3v) is 6.54. The molecule has 3 aliphatic rings. The molecular weight excluding hydrogens is 403 g/mol. The van der Waals surface area contributed by atoms with E-state index in [1.165, 1.54) is 6.42 Å². The van der Waals surface area contributed by atoms with Gasteiger partial charge in [0.1, 0.15) is 13.2 Å². The smallest absolute Gasteiger partial charge is 0.223 e. The summed E-state index contributed by atoms with van der Waals surface area (Å²) < 4.78 is 11.0. The van der Waals surface area contributed by atoms with Gasteiger partial charge in [-0.15, -0.1) is 12.4 Å². The number of hydrogen-bond acceptors (Lipinski definition) is 5. The Morgan fingerprint density at radius 3 is 2.64 bits per heavy atom. The van der Waals surface area contributed by atoms with Gasteiger partial charge in [-0.3, -0.25) is 4.79 Å². The van der Waals surface area contributed by atoms with Crippen LogP contribution in [0.25, 0.3) is 0 Å². The van der Waals surface area contributed by atoms with E-state index in [0.717, 1.165) is 25.7 Å². The van der Waals surface area contributed by atoms with Gasteiger partial charge in [-0.25, -0.2) is 0 Å². The predicted molar refractivity (Wildman–Crippen MR) is 109 cm³/mol. The first-order chi connectivity index (χ1) is 13.0. The number of amides is 1. The molecule has 2 aliphatic carbocycles. The molecule has 0 radical (unpaired) electrons. The molecule has 0 spiro atoms. The number of hydrogen-bond donors (Lipinski definition) is 3. The molecule has 2 fully saturated rings. The van der Waals surface area contributed by atoms with Crippen molar-refractivity contribution in [3.8, 4) is 11.5 Å². The lowest BCUT2D eigenvalue weighted by Crippen LogP contribution is -2.49. The van der Waals surface area contributed by atoms with Crippen LogP contribution in [0.15, 0.2) is 12.1 Å². The molecule has 1 aromatic rings. The van der Waals surface area contributed by atoms with Crippen molar-refractivity contribution in [2.45, 2.75) is 44.2 Å². The van der Waals surface area contributed by atoms with E-state index in [-0.39, 0.29) is 36.8 Å². The summed E-state index contributed by atoms with van der Waals surface area (Å²) >= 11 is 6.23. The summed E-state index contributed by atoms with van der Waals surface area (Å²) in [6, 6.07) is 3.63. The van der Waals surface area contributed by atoms with Gasteiger partial charge in [0.25, 0.3) is 0 Å². The minimum absolute atomic E-state index is 0. The number of benzene rings is 1. The van der Waals surface area contributed by atoms with Gasteiger partial charge in [-0.1, -0.05) is 18.0 Å². The molecule has 28 heavy (non-hydrogen) atoms. The van der Waals surface area contributed by atoms with E-state index in [9.17, 15) is 9.90 Å². The molecule has 0 aromatic heterocycles. The van der Waals surface area contributed by atoms with Crippen molar-refractivity contribution in [3.05, 3.63) is 22.7 Å². The quantitative estimate of drug-likeness (QED) is 0.682. The molecule has 2 saturated carbocycles. The molecule has 1 heterocycles. The van der Waals surface area contributed by atoms with Gasteiger partial charge in [0, 0.05) is 18.5 Å². The van der Waals surface area contributed by atoms with Crippen molar-refractivity contribution in [3.63, 3.8) is 0 Å². The third-order valence-electron chi connectivity index (χ3n) is 6.26. The number of halogens is 2. The second kappa shape index (κ2) is 9.08. The number of nitrogens with one attached hydrogen (secondary N) is 1. The molecule has 0 saturated heterocycles. The Morgan fingerprint density at radius 1 is 1.25 bits per heavy atom. The monoisotopic (exact) mass is 430 g/mol. The Kier molecular flexibility index (Phi) is 6.97. The standard InChI is InChI=1S/C20H27ClN2O4.ClH/c21-15-8-13(9-17-19(15)27-5-4-26-17)16(24)10-23-20(25)14-6-11-2-1-3-12(7-14)18(11)22;/h8-9,11-12,14,16,18,24H,1-7,10,22H2,(H,23,25);1H. The SMILES string of the molecule is Cl.NC1C2CCCC1CC(C(=O)NCC(O)c1cc(Cl)c3c(c1)OCCO3)C2. The van der Waals surface area contributed by atoms with Crippen LogP contribution in [0.2, 0.25) is 5.02 Å². The Morgan fingerprint density at radius 2 is 1.93 bits per heavy atom. The van der Waals surface area contributed by atoms with Crippen LogP contribution < -0.4 is 20.5 Å². The number of carbonyl (C=O) groups is 1. The summed E-state index contributed by atoms with van der Waals surface area (Å²) in [6.07, 6.45) is 4.33. The number of carbonyl (C=O) groups excluding carboxylic acids is 1. The fourth-order valence-corrected chi connectivity index (χ4v) is 5.06. The van der Waals surface area contributed by atoms with Crippen molar-refractivity contribution in [2.24, 2.45) is 23.5 Å². The van der Waals surface area contributed by atoms with Crippen LogP contribution in [0.3, 0.4) is 0 Å². The molecule has 6 nitrogen and oxygen atoms in total. The third kappa shape index (κ3) is 4.35. The lowest BCUT2D eigenvalue weighted by Gasteiger charge is -2.43. The molecule has 3 atom stereocenters. The van der Waals surface area contributed by atoms with Crippen molar-refractivity contribution in [1.82, 2.24) is 5.32 Å². The zero-order chi connectivity index (χ0) is 19.0. The average Bonchev–Trinajstić information content (AvgIpc) is 2.65. The van der Waals surface area contributed by atoms with Crippen molar-refractivity contribution < 1.29 is 19.4 Å². The maximum absolute atomic E-state index is 12.6. The predicted octanol–water partition coefficient (Wildman–Crippen LogP) is 2.84. The highest BCUT2D eigenvalue weighted by atomic mass is 35.5. The van der Waals surface area contributed by atoms with E-state index < -0.39 is 6.10 Å². The van der Waals surface area contributed by atoms with Gasteiger partial charge in [-0.05, 0) is 55.2 Å². The van der Waals surface area contributed by atoms with Gasteiger partial charge in [0.15, 0.2) is 11.5 Å². The second-order valence-electron chi connectivity index (χ2n) is 7.98. The first-order valence-electron chi connectivity index (χ1n) is 9.83. The molecular formula is C20H28Cl2N2O4. The van der Waals surface area contributed by atoms with E-state index in [1.54, 1.807) is 12.1 Å². The fourth-order valence-electron chi connectivity index (χ4n) is 4.79. The lowest BCUT2D eigenvalue weighted by atomic mass is 9.65. The Balaban J connectivity index is 0.00000225. The molecule has 2 bridgehead atoms. The number of rotatable bonds is 4. The number of nitrogens with two attached hydrogens (primary N) is 1. The number of aliphatic hydroxyl groups excluding tert-OH is 1. The molecule has 156 valence electrons. The highest BCUT2D eigenvalue weighted by Gasteiger charge is 2.40. The highest BCUT2D eigenvalue weighted by Crippen LogP contribution is 2.42. The molecule has 1 amide bonds. The Bertz CT molecular complexity index is 704. The van der Waals surface area contributed by atoms with Gasteiger partial charge in [0.2, 0.25) is 5.91 Å². The topological polar surface area (TPSA) is 93.8 Å². The van der Waals surface area contributed by atoms with Crippen LogP contribution in [-0.4, -0.2) is 36.8 Å². The first kappa shape index (κ1) is 21.5. The van der Waals surface area contributed by atoms with Crippen molar-refractivity contribution in [1.29, 1.82) is 0 Å². The summed E-state index contributed by atoms with van der Waals surface area (Å²) in [5.74, 6) is 1.96. The maximum atomic E-state index is 12.6. The zero-order valence-corrected chi connectivity index (χ0v) is 17.3. The fraction of sp³-hybridized carbons (Fsp3) is 0.650. The molecule has 8 heteroatoms. The summed E-state index contributed by atoms with van der Waals surface area (Å²) in [7, 11) is 0. The van der Waals surface area contributed by atoms with Gasteiger partial charge in [-0.2, -0.15) is 0 Å². The van der Waals surface area contributed by atoms with E-state index in [4.69, 9.17) is 26.8 Å². The minimum atomic E-state index is -0.854. The minimum Gasteiger partial charge on any atom is -0.486 e. The van der Waals surface area contributed by atoms with Crippen LogP contribution in [-0.2, 0) is 4.79 Å². The largest absolute Gasteiger partial charge is 0.486 e. The van der Waals surface area contributed by atoms with Gasteiger partial charge >= 0.3 is 0 Å². The summed E-state index contributed by atoms with van der Waals surface area (Å²) in [5.41, 5.74) is 6.91. The number of aliphatic hydroxyl groups is 1. The molecule has 1 aromatic carbocycles. The van der Waals surface area contributed by atoms with Crippen LogP contribution >= 0.6 is 24.0 Å². The maximum Gasteiger partial charge on any atom is 0.223 e. The van der Waals surface area contributed by atoms with E-state index in [0.29, 0.717) is 47.1 Å². The van der Waals surface area contributed by atoms with E-state index in [2.05, 4.69) is 5.32 Å². The van der Waals surface area contributed by atoms with E-state index in [1.807, 2.05) is 0 Å². The summed E-state index contributed by atoms with van der Waals surface area (Å²) in [5, 5.41) is 13.8. The van der Waals surface area contributed by atoms with Crippen molar-refractivity contribution >= 4 is 29.9 Å². The molecule has 1 aliphatic heterocycles. The van der Waals surface area contributed by atoms with Gasteiger partial charge in [0.05, 0.1) is 11.1 Å². The zero-order valence-electron chi connectivity index (χ0n) is 15.7. The van der Waals surface area contributed by atoms with Crippen LogP contribution in [0.5, 0.6) is 11.5 Å². The van der Waals surface area contributed by atoms with Crippen LogP contribution in [0.4, 0.5) is 0 Å². The van der Waals surface area contributed by atoms with Crippen molar-refractivity contribution in [2.75, 3.05) is 19.8 Å². The molecule has 4 N–H and O–H groups in total. The van der Waals surface area contributed by atoms with E-state index >= 15 is 0 Å². The van der Waals surface area contributed by atoms with Crippen LogP contribution in [0.1, 0.15) is 43.8 Å². The lowest BCUT2D eigenvalue weighted by molar-refractivity contribution is -0.128. The molecule has 4 rings (SSSR count). The first-order valence-corrected chi connectivity index (χ1v) is 10.2. The normalized spacial score (nSPS) is 29.4. The van der Waals surface area contributed by atoms with Gasteiger partial charge < -0.3 is 25.6 Å². The highest BCUT2D eigenvalue weighted by molar-refractivity contribution is 6.32. The molecule has 3 unspecified atom stereocenters. The van der Waals surface area contributed by atoms with Crippen LogP contribution in [0, 0.1) is 17.8 Å². The number of fused-ring (bicyclic) bond motifs is 3. The Hall–Kier alpha value is -1.21. The number of ether oxygens (including phenoxy) is 2. The summed E-state index contributed by atoms with van der Waals surface area (Å²) in [4.78, 5) is 12.6. The average molecular weight is 431 g/mol.